The highest BCUT2D eigenvalue weighted by atomic mass is 19.1. The number of anilines is 3. The quantitative estimate of drug-likeness (QED) is 0.458. The van der Waals surface area contributed by atoms with E-state index in [0.717, 1.165) is 6.42 Å². The van der Waals surface area contributed by atoms with Crippen LogP contribution in [0.4, 0.5) is 21.7 Å². The van der Waals surface area contributed by atoms with Crippen LogP contribution in [-0.2, 0) is 0 Å². The molecular weight excluding hydrogens is 417 g/mol. The van der Waals surface area contributed by atoms with Crippen molar-refractivity contribution in [3.63, 3.8) is 0 Å². The number of nitrogens with zero attached hydrogens (tertiary/aromatic N) is 4. The second kappa shape index (κ2) is 7.90. The van der Waals surface area contributed by atoms with E-state index >= 15 is 0 Å². The van der Waals surface area contributed by atoms with E-state index < -0.39 is 18.3 Å². The number of pyridine rings is 1. The van der Waals surface area contributed by atoms with Crippen molar-refractivity contribution < 1.29 is 14.3 Å². The number of aromatic nitrogens is 4. The van der Waals surface area contributed by atoms with Gasteiger partial charge in [0.25, 0.3) is 11.5 Å². The van der Waals surface area contributed by atoms with Crippen LogP contribution in [0.15, 0.2) is 35.4 Å². The van der Waals surface area contributed by atoms with Gasteiger partial charge in [0.15, 0.2) is 5.65 Å². The topological polar surface area (TPSA) is 126 Å². The van der Waals surface area contributed by atoms with Gasteiger partial charge in [-0.2, -0.15) is 9.61 Å². The highest BCUT2D eigenvalue weighted by Crippen LogP contribution is 2.37. The van der Waals surface area contributed by atoms with E-state index in [1.165, 1.54) is 15.3 Å². The maximum absolute atomic E-state index is 13.5. The summed E-state index contributed by atoms with van der Waals surface area (Å²) < 4.78 is 16.4. The smallest absolute Gasteiger partial charge is 0.274 e. The van der Waals surface area contributed by atoms with Crippen LogP contribution in [0, 0.1) is 0 Å². The van der Waals surface area contributed by atoms with Gasteiger partial charge in [-0.1, -0.05) is 0 Å². The summed E-state index contributed by atoms with van der Waals surface area (Å²) in [6, 6.07) is 4.43. The van der Waals surface area contributed by atoms with Crippen LogP contribution < -0.4 is 21.5 Å². The Hall–Kier alpha value is -3.47. The average Bonchev–Trinajstić information content (AvgIpc) is 3.14. The largest absolute Gasteiger partial charge is 0.393 e. The van der Waals surface area contributed by atoms with Gasteiger partial charge in [-0.3, -0.25) is 9.59 Å². The first-order chi connectivity index (χ1) is 15.4. The Bertz CT molecular complexity index is 1240. The Morgan fingerprint density at radius 3 is 2.81 bits per heavy atom. The van der Waals surface area contributed by atoms with E-state index in [2.05, 4.69) is 26.0 Å². The van der Waals surface area contributed by atoms with Gasteiger partial charge in [0, 0.05) is 31.8 Å². The molecule has 3 aromatic heterocycles. The zero-order valence-corrected chi connectivity index (χ0v) is 17.5. The molecule has 3 aromatic rings. The van der Waals surface area contributed by atoms with Crippen LogP contribution in [0.1, 0.15) is 42.1 Å². The minimum absolute atomic E-state index is 0.0953. The number of carbonyl (C=O) groups excluding carboxylic acids is 1. The lowest BCUT2D eigenvalue weighted by molar-refractivity contribution is 0.0935. The van der Waals surface area contributed by atoms with E-state index in [4.69, 9.17) is 0 Å². The molecule has 4 N–H and O–H groups in total. The third-order valence-corrected chi connectivity index (χ3v) is 5.99. The molecule has 0 bridgehead atoms. The Morgan fingerprint density at radius 2 is 2.12 bits per heavy atom. The zero-order chi connectivity index (χ0) is 22.4. The molecule has 0 aliphatic heterocycles. The molecule has 168 valence electrons. The van der Waals surface area contributed by atoms with Gasteiger partial charge in [0.2, 0.25) is 0 Å². The molecular formula is C21H24FN7O3. The fourth-order valence-corrected chi connectivity index (χ4v) is 4.16. The normalized spacial score (nSPS) is 24.5. The van der Waals surface area contributed by atoms with Crippen LogP contribution in [0.2, 0.25) is 0 Å². The Morgan fingerprint density at radius 1 is 1.31 bits per heavy atom. The molecule has 0 unspecified atom stereocenters. The molecule has 4 atom stereocenters. The van der Waals surface area contributed by atoms with E-state index in [0.29, 0.717) is 36.5 Å². The van der Waals surface area contributed by atoms with Gasteiger partial charge >= 0.3 is 0 Å². The number of hydrogen-bond acceptors (Lipinski definition) is 7. The monoisotopic (exact) mass is 441 g/mol. The lowest BCUT2D eigenvalue weighted by atomic mass is 10.2. The highest BCUT2D eigenvalue weighted by Gasteiger charge is 2.39. The summed E-state index contributed by atoms with van der Waals surface area (Å²) in [5.41, 5.74) is 0.528. The standard InChI is InChI=1S/C21H24FN7O3/c1-23-18-9-17(26-15-3-2-6-28(21(15)32)16-8-14(16)22)27-19-13(10-24-29(18)19)20(31)25-11-4-5-12(30)7-11/h2-3,6,9-12,14,16,23,30H,4-5,7-8H2,1H3,(H,25,31)(H,26,27)/t11-,12+,14+,16+/m0/s1. The minimum atomic E-state index is -0.998. The summed E-state index contributed by atoms with van der Waals surface area (Å²) in [5.74, 6) is 0.584. The molecule has 0 aromatic carbocycles. The maximum atomic E-state index is 13.5. The fourth-order valence-electron chi connectivity index (χ4n) is 4.16. The fraction of sp³-hybridized carbons (Fsp3) is 0.429. The lowest BCUT2D eigenvalue weighted by Crippen LogP contribution is -2.33. The number of rotatable bonds is 6. The molecule has 10 nitrogen and oxygen atoms in total. The number of fused-ring (bicyclic) bond motifs is 1. The van der Waals surface area contributed by atoms with E-state index in [-0.39, 0.29) is 28.8 Å². The van der Waals surface area contributed by atoms with Crippen molar-refractivity contribution in [2.45, 2.75) is 50.0 Å². The Balaban J connectivity index is 1.46. The third-order valence-electron chi connectivity index (χ3n) is 5.99. The molecule has 11 heteroatoms. The molecule has 0 spiro atoms. The number of hydrogen-bond donors (Lipinski definition) is 4. The second-order valence-corrected chi connectivity index (χ2v) is 8.29. The van der Waals surface area contributed by atoms with Gasteiger partial charge in [-0.15, -0.1) is 0 Å². The highest BCUT2D eigenvalue weighted by molar-refractivity contribution is 6.00. The van der Waals surface area contributed by atoms with Crippen LogP contribution in [0.3, 0.4) is 0 Å². The molecule has 5 rings (SSSR count). The number of aliphatic hydroxyl groups excluding tert-OH is 1. The zero-order valence-electron chi connectivity index (χ0n) is 17.5. The summed E-state index contributed by atoms with van der Waals surface area (Å²) in [6.45, 7) is 0. The molecule has 2 saturated carbocycles. The summed E-state index contributed by atoms with van der Waals surface area (Å²) in [5, 5.41) is 22.9. The minimum Gasteiger partial charge on any atom is -0.393 e. The molecule has 0 saturated heterocycles. The predicted molar refractivity (Wildman–Crippen MR) is 116 cm³/mol. The van der Waals surface area contributed by atoms with Crippen LogP contribution in [-0.4, -0.2) is 55.5 Å². The van der Waals surface area contributed by atoms with Gasteiger partial charge in [-0.05, 0) is 31.4 Å². The number of aliphatic hydroxyl groups is 1. The number of nitrogens with one attached hydrogen (secondary N) is 3. The summed E-state index contributed by atoms with van der Waals surface area (Å²) in [7, 11) is 1.71. The van der Waals surface area contributed by atoms with Crippen molar-refractivity contribution in [2.75, 3.05) is 17.7 Å². The van der Waals surface area contributed by atoms with E-state index in [1.54, 1.807) is 31.4 Å². The number of amides is 1. The first kappa shape index (κ1) is 20.4. The van der Waals surface area contributed by atoms with Crippen molar-refractivity contribution in [2.24, 2.45) is 0 Å². The first-order valence-electron chi connectivity index (χ1n) is 10.6. The Kier molecular flexibility index (Phi) is 5.04. The number of carbonyl (C=O) groups is 1. The molecule has 0 radical (unpaired) electrons. The molecule has 3 heterocycles. The van der Waals surface area contributed by atoms with Crippen molar-refractivity contribution in [1.29, 1.82) is 0 Å². The van der Waals surface area contributed by atoms with Crippen LogP contribution in [0.25, 0.3) is 5.65 Å². The molecule has 2 aliphatic rings. The van der Waals surface area contributed by atoms with Gasteiger partial charge < -0.3 is 25.6 Å². The SMILES string of the molecule is CNc1cc(Nc2cccn([C@@H]3C[C@H]3F)c2=O)nc2c(C(=O)N[C@H]3CC[C@@H](O)C3)cnn12. The molecule has 2 aliphatic carbocycles. The molecule has 32 heavy (non-hydrogen) atoms. The van der Waals surface area contributed by atoms with E-state index in [9.17, 15) is 19.1 Å². The van der Waals surface area contributed by atoms with Gasteiger partial charge in [0.05, 0.1) is 18.3 Å². The van der Waals surface area contributed by atoms with Crippen molar-refractivity contribution >= 4 is 28.9 Å². The van der Waals surface area contributed by atoms with E-state index in [1.807, 2.05) is 0 Å². The Labute approximate surface area is 182 Å². The van der Waals surface area contributed by atoms with Crippen molar-refractivity contribution in [3.8, 4) is 0 Å². The van der Waals surface area contributed by atoms with Gasteiger partial charge in [-0.25, -0.2) is 9.37 Å². The summed E-state index contributed by atoms with van der Waals surface area (Å²) >= 11 is 0. The summed E-state index contributed by atoms with van der Waals surface area (Å²) in [6.07, 6.45) is 3.86. The number of alkyl halides is 1. The van der Waals surface area contributed by atoms with Crippen molar-refractivity contribution in [1.82, 2.24) is 24.5 Å². The maximum Gasteiger partial charge on any atom is 0.274 e. The third kappa shape index (κ3) is 3.68. The van der Waals surface area contributed by atoms with Gasteiger partial charge in [0.1, 0.15) is 29.1 Å². The number of halogens is 1. The predicted octanol–water partition coefficient (Wildman–Crippen LogP) is 1.60. The second-order valence-electron chi connectivity index (χ2n) is 8.29. The lowest BCUT2D eigenvalue weighted by Gasteiger charge is -2.13. The molecule has 1 amide bonds. The molecule has 2 fully saturated rings. The average molecular weight is 441 g/mol. The van der Waals surface area contributed by atoms with Crippen molar-refractivity contribution in [3.05, 3.63) is 46.5 Å². The van der Waals surface area contributed by atoms with Crippen LogP contribution >= 0.6 is 0 Å². The first-order valence-corrected chi connectivity index (χ1v) is 10.6. The van der Waals surface area contributed by atoms with Crippen LogP contribution in [0.5, 0.6) is 0 Å². The summed E-state index contributed by atoms with van der Waals surface area (Å²) in [4.78, 5) is 30.1.